The average molecular weight is 280 g/mol. The maximum absolute atomic E-state index is 11.1. The molecule has 0 saturated heterocycles. The van der Waals surface area contributed by atoms with Gasteiger partial charge in [0.25, 0.3) is 5.69 Å². The van der Waals surface area contributed by atoms with Gasteiger partial charge < -0.3 is 5.73 Å². The standard InChI is InChI=1S/C15H12N4O2/c16-15-6-5-14(19(20)21)13(18-15)9-10-7-8-17-12-4-2-1-3-11(10)12/h1-8H,9H2,(H2,16,18). The quantitative estimate of drug-likeness (QED) is 0.588. The van der Waals surface area contributed by atoms with E-state index in [4.69, 9.17) is 5.73 Å². The molecule has 6 nitrogen and oxygen atoms in total. The monoisotopic (exact) mass is 280 g/mol. The molecule has 2 heterocycles. The van der Waals surface area contributed by atoms with Crippen molar-refractivity contribution in [1.82, 2.24) is 9.97 Å². The SMILES string of the molecule is Nc1ccc([N+](=O)[O-])c(Cc2ccnc3ccccc23)n1. The lowest BCUT2D eigenvalue weighted by molar-refractivity contribution is -0.385. The van der Waals surface area contributed by atoms with E-state index >= 15 is 0 Å². The van der Waals surface area contributed by atoms with Gasteiger partial charge in [-0.15, -0.1) is 0 Å². The third kappa shape index (κ3) is 2.51. The Labute approximate surface area is 120 Å². The molecule has 6 heteroatoms. The number of nitrogen functional groups attached to an aromatic ring is 1. The van der Waals surface area contributed by atoms with Crippen molar-refractivity contribution in [3.63, 3.8) is 0 Å². The summed E-state index contributed by atoms with van der Waals surface area (Å²) in [6, 6.07) is 12.3. The van der Waals surface area contributed by atoms with Gasteiger partial charge in [0.2, 0.25) is 0 Å². The Morgan fingerprint density at radius 3 is 2.76 bits per heavy atom. The highest BCUT2D eigenvalue weighted by atomic mass is 16.6. The number of anilines is 1. The fourth-order valence-corrected chi connectivity index (χ4v) is 2.30. The third-order valence-corrected chi connectivity index (χ3v) is 3.27. The molecule has 0 amide bonds. The van der Waals surface area contributed by atoms with Crippen LogP contribution in [-0.2, 0) is 6.42 Å². The first-order valence-electron chi connectivity index (χ1n) is 6.37. The van der Waals surface area contributed by atoms with E-state index in [9.17, 15) is 10.1 Å². The molecule has 0 saturated carbocycles. The maximum Gasteiger partial charge on any atom is 0.291 e. The molecule has 0 bridgehead atoms. The van der Waals surface area contributed by atoms with Gasteiger partial charge in [-0.05, 0) is 23.8 Å². The smallest absolute Gasteiger partial charge is 0.291 e. The highest BCUT2D eigenvalue weighted by molar-refractivity contribution is 5.82. The fraction of sp³-hybridized carbons (Fsp3) is 0.0667. The number of aromatic nitrogens is 2. The minimum absolute atomic E-state index is 0.0231. The molecule has 0 fully saturated rings. The molecule has 0 radical (unpaired) electrons. The largest absolute Gasteiger partial charge is 0.384 e. The molecule has 0 aliphatic heterocycles. The summed E-state index contributed by atoms with van der Waals surface area (Å²) in [6.45, 7) is 0. The van der Waals surface area contributed by atoms with Crippen molar-refractivity contribution >= 4 is 22.4 Å². The van der Waals surface area contributed by atoms with Crippen molar-refractivity contribution in [2.45, 2.75) is 6.42 Å². The van der Waals surface area contributed by atoms with E-state index in [0.717, 1.165) is 16.5 Å². The van der Waals surface area contributed by atoms with E-state index < -0.39 is 4.92 Å². The molecule has 3 aromatic rings. The second kappa shape index (κ2) is 5.16. The molecule has 0 unspecified atom stereocenters. The lowest BCUT2D eigenvalue weighted by Crippen LogP contribution is -2.03. The number of rotatable bonds is 3. The molecule has 0 spiro atoms. The molecule has 2 aromatic heterocycles. The van der Waals surface area contributed by atoms with Crippen molar-refractivity contribution in [3.05, 3.63) is 70.0 Å². The Morgan fingerprint density at radius 1 is 1.14 bits per heavy atom. The van der Waals surface area contributed by atoms with Crippen molar-refractivity contribution in [1.29, 1.82) is 0 Å². The van der Waals surface area contributed by atoms with Crippen LogP contribution in [0.1, 0.15) is 11.3 Å². The molecule has 0 aliphatic carbocycles. The summed E-state index contributed by atoms with van der Waals surface area (Å²) in [5.74, 6) is 0.272. The molecular formula is C15H12N4O2. The highest BCUT2D eigenvalue weighted by Gasteiger charge is 2.16. The molecule has 3 rings (SSSR count). The summed E-state index contributed by atoms with van der Waals surface area (Å²) >= 11 is 0. The van der Waals surface area contributed by atoms with Crippen LogP contribution >= 0.6 is 0 Å². The number of nitrogens with zero attached hydrogens (tertiary/aromatic N) is 3. The van der Waals surface area contributed by atoms with E-state index in [1.807, 2.05) is 30.3 Å². The van der Waals surface area contributed by atoms with E-state index in [0.29, 0.717) is 12.1 Å². The molecule has 2 N–H and O–H groups in total. The van der Waals surface area contributed by atoms with Crippen molar-refractivity contribution in [3.8, 4) is 0 Å². The Kier molecular flexibility index (Phi) is 3.19. The average Bonchev–Trinajstić information content (AvgIpc) is 2.47. The topological polar surface area (TPSA) is 94.9 Å². The van der Waals surface area contributed by atoms with Crippen molar-refractivity contribution in [2.75, 3.05) is 5.73 Å². The zero-order chi connectivity index (χ0) is 14.8. The van der Waals surface area contributed by atoms with E-state index in [1.165, 1.54) is 12.1 Å². The number of nitro groups is 1. The predicted octanol–water partition coefficient (Wildman–Crippen LogP) is 2.71. The first-order chi connectivity index (χ1) is 10.1. The molecule has 1 aromatic carbocycles. The number of nitrogens with two attached hydrogens (primary N) is 1. The number of hydrogen-bond acceptors (Lipinski definition) is 5. The van der Waals surface area contributed by atoms with E-state index in [1.54, 1.807) is 6.20 Å². The van der Waals surface area contributed by atoms with Gasteiger partial charge >= 0.3 is 0 Å². The summed E-state index contributed by atoms with van der Waals surface area (Å²) in [6.07, 6.45) is 2.03. The summed E-state index contributed by atoms with van der Waals surface area (Å²) in [4.78, 5) is 19.1. The van der Waals surface area contributed by atoms with Crippen molar-refractivity contribution < 1.29 is 4.92 Å². The normalized spacial score (nSPS) is 10.7. The Balaban J connectivity index is 2.11. The van der Waals surface area contributed by atoms with Crippen LogP contribution in [0, 0.1) is 10.1 Å². The molecule has 0 aliphatic rings. The van der Waals surface area contributed by atoms with Crippen LogP contribution in [0.5, 0.6) is 0 Å². The summed E-state index contributed by atoms with van der Waals surface area (Å²) in [7, 11) is 0. The van der Waals surface area contributed by atoms with Gasteiger partial charge in [0.15, 0.2) is 0 Å². The van der Waals surface area contributed by atoms with Gasteiger partial charge in [0.05, 0.1) is 10.4 Å². The van der Waals surface area contributed by atoms with Gasteiger partial charge in [0.1, 0.15) is 11.5 Å². The summed E-state index contributed by atoms with van der Waals surface area (Å²) in [5.41, 5.74) is 7.76. The van der Waals surface area contributed by atoms with Crippen molar-refractivity contribution in [2.24, 2.45) is 0 Å². The van der Waals surface area contributed by atoms with Gasteiger partial charge in [-0.2, -0.15) is 0 Å². The van der Waals surface area contributed by atoms with E-state index in [-0.39, 0.29) is 11.5 Å². The third-order valence-electron chi connectivity index (χ3n) is 3.27. The summed E-state index contributed by atoms with van der Waals surface area (Å²) in [5, 5.41) is 12.1. The lowest BCUT2D eigenvalue weighted by atomic mass is 10.0. The van der Waals surface area contributed by atoms with Crippen LogP contribution in [-0.4, -0.2) is 14.9 Å². The molecule has 0 atom stereocenters. The Bertz CT molecular complexity index is 828. The van der Waals surface area contributed by atoms with Crippen LogP contribution in [0.25, 0.3) is 10.9 Å². The number of hydrogen-bond donors (Lipinski definition) is 1. The second-order valence-electron chi connectivity index (χ2n) is 4.62. The highest BCUT2D eigenvalue weighted by Crippen LogP contribution is 2.24. The van der Waals surface area contributed by atoms with Crippen LogP contribution in [0.2, 0.25) is 0 Å². The fourth-order valence-electron chi connectivity index (χ4n) is 2.30. The zero-order valence-corrected chi connectivity index (χ0v) is 11.1. The van der Waals surface area contributed by atoms with Gasteiger partial charge in [-0.3, -0.25) is 15.1 Å². The van der Waals surface area contributed by atoms with Gasteiger partial charge in [0, 0.05) is 24.1 Å². The number of para-hydroxylation sites is 1. The predicted molar refractivity (Wildman–Crippen MR) is 79.9 cm³/mol. The Hall–Kier alpha value is -3.02. The minimum Gasteiger partial charge on any atom is -0.384 e. The molecular weight excluding hydrogens is 268 g/mol. The first kappa shape index (κ1) is 13.0. The number of benzene rings is 1. The minimum atomic E-state index is -0.439. The van der Waals surface area contributed by atoms with Gasteiger partial charge in [-0.1, -0.05) is 18.2 Å². The van der Waals surface area contributed by atoms with E-state index in [2.05, 4.69) is 9.97 Å². The lowest BCUT2D eigenvalue weighted by Gasteiger charge is -2.06. The molecule has 21 heavy (non-hydrogen) atoms. The zero-order valence-electron chi connectivity index (χ0n) is 11.1. The Morgan fingerprint density at radius 2 is 1.95 bits per heavy atom. The van der Waals surface area contributed by atoms with Gasteiger partial charge in [-0.25, -0.2) is 4.98 Å². The number of pyridine rings is 2. The van der Waals surface area contributed by atoms with Crippen LogP contribution in [0.3, 0.4) is 0 Å². The van der Waals surface area contributed by atoms with Crippen LogP contribution < -0.4 is 5.73 Å². The van der Waals surface area contributed by atoms with Crippen LogP contribution in [0.4, 0.5) is 11.5 Å². The molecule has 104 valence electrons. The summed E-state index contributed by atoms with van der Waals surface area (Å²) < 4.78 is 0. The van der Waals surface area contributed by atoms with Crippen LogP contribution in [0.15, 0.2) is 48.7 Å². The maximum atomic E-state index is 11.1. The number of fused-ring (bicyclic) bond motifs is 1. The first-order valence-corrected chi connectivity index (χ1v) is 6.37. The second-order valence-corrected chi connectivity index (χ2v) is 4.62.